The first-order valence-electron chi connectivity index (χ1n) is 6.57. The minimum absolute atomic E-state index is 0.0668. The van der Waals surface area contributed by atoms with E-state index in [1.807, 2.05) is 0 Å². The number of carbonyl (C=O) groups is 2. The van der Waals surface area contributed by atoms with Crippen molar-refractivity contribution in [3.8, 4) is 5.75 Å². The summed E-state index contributed by atoms with van der Waals surface area (Å²) in [5.41, 5.74) is 1.39. The number of phenols is 1. The average molecular weight is 260 g/mol. The van der Waals surface area contributed by atoms with E-state index < -0.39 is 0 Å². The van der Waals surface area contributed by atoms with Crippen molar-refractivity contribution in [3.63, 3.8) is 0 Å². The second-order valence-electron chi connectivity index (χ2n) is 5.08. The molecule has 1 saturated heterocycles. The molecule has 0 radical (unpaired) electrons. The minimum atomic E-state index is -0.385. The molecule has 1 aromatic rings. The van der Waals surface area contributed by atoms with Crippen LogP contribution in [0.4, 0.5) is 0 Å². The number of amides is 2. The molecule has 19 heavy (non-hydrogen) atoms. The topological polar surface area (TPSA) is 69.6 Å². The monoisotopic (exact) mass is 260 g/mol. The second kappa shape index (κ2) is 4.57. The zero-order valence-corrected chi connectivity index (χ0v) is 10.6. The first-order chi connectivity index (χ1) is 9.16. The molecular weight excluding hydrogens is 244 g/mol. The smallest absolute Gasteiger partial charge is 0.255 e. The molecule has 2 N–H and O–H groups in total. The number of aromatic hydroxyl groups is 1. The fourth-order valence-corrected chi connectivity index (χ4v) is 2.80. The van der Waals surface area contributed by atoms with Crippen LogP contribution in [0.25, 0.3) is 0 Å². The van der Waals surface area contributed by atoms with Gasteiger partial charge in [0, 0.05) is 18.7 Å². The molecule has 0 aromatic heterocycles. The summed E-state index contributed by atoms with van der Waals surface area (Å²) in [6, 6.07) is 4.35. The molecular formula is C14H16N2O3. The fourth-order valence-electron chi connectivity index (χ4n) is 2.80. The molecule has 5 nitrogen and oxygen atoms in total. The average Bonchev–Trinajstić information content (AvgIpc) is 2.57. The fraction of sp³-hybridized carbons (Fsp3) is 0.429. The van der Waals surface area contributed by atoms with Crippen LogP contribution < -0.4 is 5.32 Å². The van der Waals surface area contributed by atoms with Gasteiger partial charge in [-0.15, -0.1) is 0 Å². The maximum atomic E-state index is 12.3. The summed E-state index contributed by atoms with van der Waals surface area (Å²) >= 11 is 0. The second-order valence-corrected chi connectivity index (χ2v) is 5.08. The van der Waals surface area contributed by atoms with Gasteiger partial charge in [-0.1, -0.05) is 0 Å². The van der Waals surface area contributed by atoms with Crippen molar-refractivity contribution in [1.82, 2.24) is 10.2 Å². The molecule has 1 aromatic carbocycles. The van der Waals surface area contributed by atoms with Gasteiger partial charge in [-0.3, -0.25) is 9.59 Å². The van der Waals surface area contributed by atoms with Crippen LogP contribution in [-0.4, -0.2) is 34.4 Å². The van der Waals surface area contributed by atoms with Crippen molar-refractivity contribution in [3.05, 3.63) is 29.3 Å². The van der Waals surface area contributed by atoms with Crippen LogP contribution in [0.5, 0.6) is 5.75 Å². The molecule has 2 aliphatic rings. The number of hydrogen-bond acceptors (Lipinski definition) is 3. The highest BCUT2D eigenvalue weighted by Crippen LogP contribution is 2.29. The summed E-state index contributed by atoms with van der Waals surface area (Å²) in [5.74, 6) is -0.0290. The van der Waals surface area contributed by atoms with Crippen molar-refractivity contribution >= 4 is 11.8 Å². The van der Waals surface area contributed by atoms with E-state index >= 15 is 0 Å². The summed E-state index contributed by atoms with van der Waals surface area (Å²) in [7, 11) is 0. The van der Waals surface area contributed by atoms with Gasteiger partial charge >= 0.3 is 0 Å². The lowest BCUT2D eigenvalue weighted by Crippen LogP contribution is -2.45. The number of benzene rings is 1. The van der Waals surface area contributed by atoms with Crippen molar-refractivity contribution in [2.75, 3.05) is 6.54 Å². The predicted molar refractivity (Wildman–Crippen MR) is 68.6 cm³/mol. The van der Waals surface area contributed by atoms with Crippen LogP contribution in [0, 0.1) is 0 Å². The molecule has 0 spiro atoms. The first-order valence-corrected chi connectivity index (χ1v) is 6.57. The van der Waals surface area contributed by atoms with Crippen molar-refractivity contribution in [1.29, 1.82) is 0 Å². The Labute approximate surface area is 111 Å². The van der Waals surface area contributed by atoms with E-state index in [4.69, 9.17) is 0 Å². The highest BCUT2D eigenvalue weighted by Gasteiger charge is 2.36. The Balaban J connectivity index is 1.88. The van der Waals surface area contributed by atoms with Gasteiger partial charge in [0.05, 0.1) is 0 Å². The van der Waals surface area contributed by atoms with E-state index in [1.165, 1.54) is 6.07 Å². The van der Waals surface area contributed by atoms with E-state index in [-0.39, 0.29) is 23.6 Å². The predicted octanol–water partition coefficient (Wildman–Crippen LogP) is 1.02. The standard InChI is InChI=1S/C14H16N2O3/c17-10-4-5-11-9(7-10)8-16(14(11)19)12-3-1-2-6-15-13(12)18/h4-5,7,12,17H,1-3,6,8H2,(H,15,18)/t12-/m0/s1. The lowest BCUT2D eigenvalue weighted by atomic mass is 10.1. The number of nitrogens with zero attached hydrogens (tertiary/aromatic N) is 1. The number of phenolic OH excluding ortho intramolecular Hbond substituents is 1. The lowest BCUT2D eigenvalue weighted by molar-refractivity contribution is -0.125. The van der Waals surface area contributed by atoms with E-state index in [2.05, 4.69) is 5.32 Å². The third kappa shape index (κ3) is 2.05. The Bertz CT molecular complexity index is 541. The number of hydrogen-bond donors (Lipinski definition) is 2. The largest absolute Gasteiger partial charge is 0.508 e. The zero-order valence-electron chi connectivity index (χ0n) is 10.6. The summed E-state index contributed by atoms with van der Waals surface area (Å²) < 4.78 is 0. The van der Waals surface area contributed by atoms with Gasteiger partial charge < -0.3 is 15.3 Å². The molecule has 5 heteroatoms. The maximum Gasteiger partial charge on any atom is 0.255 e. The molecule has 1 fully saturated rings. The molecule has 0 aliphatic carbocycles. The lowest BCUT2D eigenvalue weighted by Gasteiger charge is -2.25. The van der Waals surface area contributed by atoms with Crippen LogP contribution in [0.3, 0.4) is 0 Å². The van der Waals surface area contributed by atoms with Gasteiger partial charge in [-0.2, -0.15) is 0 Å². The van der Waals surface area contributed by atoms with Crippen LogP contribution >= 0.6 is 0 Å². The van der Waals surface area contributed by atoms with Crippen molar-refractivity contribution in [2.24, 2.45) is 0 Å². The third-order valence-corrected chi connectivity index (χ3v) is 3.80. The van der Waals surface area contributed by atoms with Crippen LogP contribution in [0.1, 0.15) is 35.2 Å². The first kappa shape index (κ1) is 12.0. The highest BCUT2D eigenvalue weighted by molar-refractivity contribution is 6.01. The van der Waals surface area contributed by atoms with E-state index in [9.17, 15) is 14.7 Å². The van der Waals surface area contributed by atoms with Crippen LogP contribution in [0.15, 0.2) is 18.2 Å². The quantitative estimate of drug-likeness (QED) is 0.792. The molecule has 0 unspecified atom stereocenters. The van der Waals surface area contributed by atoms with Gasteiger partial charge in [0.2, 0.25) is 5.91 Å². The van der Waals surface area contributed by atoms with E-state index in [1.54, 1.807) is 17.0 Å². The molecule has 2 aliphatic heterocycles. The highest BCUT2D eigenvalue weighted by atomic mass is 16.3. The zero-order chi connectivity index (χ0) is 13.4. The maximum absolute atomic E-state index is 12.3. The summed E-state index contributed by atoms with van der Waals surface area (Å²) in [4.78, 5) is 26.0. The Hall–Kier alpha value is -2.04. The van der Waals surface area contributed by atoms with E-state index in [0.29, 0.717) is 25.1 Å². The normalized spacial score (nSPS) is 22.9. The molecule has 0 saturated carbocycles. The van der Waals surface area contributed by atoms with Gasteiger partial charge in [0.15, 0.2) is 0 Å². The Kier molecular flexibility index (Phi) is 2.89. The molecule has 2 amide bonds. The summed E-state index contributed by atoms with van der Waals surface area (Å²) in [6.07, 6.45) is 2.60. The number of carbonyl (C=O) groups excluding carboxylic acids is 2. The van der Waals surface area contributed by atoms with Gasteiger partial charge in [-0.05, 0) is 43.0 Å². The SMILES string of the molecule is O=C1NCCCC[C@@H]1N1Cc2cc(O)ccc2C1=O. The Morgan fingerprint density at radius 1 is 1.26 bits per heavy atom. The number of rotatable bonds is 1. The van der Waals surface area contributed by atoms with E-state index in [0.717, 1.165) is 18.4 Å². The van der Waals surface area contributed by atoms with Crippen LogP contribution in [-0.2, 0) is 11.3 Å². The van der Waals surface area contributed by atoms with Gasteiger partial charge in [-0.25, -0.2) is 0 Å². The summed E-state index contributed by atoms with van der Waals surface area (Å²) in [5, 5.41) is 12.3. The Morgan fingerprint density at radius 3 is 2.95 bits per heavy atom. The van der Waals surface area contributed by atoms with Gasteiger partial charge in [0.1, 0.15) is 11.8 Å². The van der Waals surface area contributed by atoms with Crippen molar-refractivity contribution < 1.29 is 14.7 Å². The van der Waals surface area contributed by atoms with Crippen LogP contribution in [0.2, 0.25) is 0 Å². The summed E-state index contributed by atoms with van der Waals surface area (Å²) in [6.45, 7) is 1.09. The third-order valence-electron chi connectivity index (χ3n) is 3.80. The molecule has 1 atom stereocenters. The number of fused-ring (bicyclic) bond motifs is 1. The molecule has 2 heterocycles. The minimum Gasteiger partial charge on any atom is -0.508 e. The number of nitrogens with one attached hydrogen (secondary N) is 1. The van der Waals surface area contributed by atoms with Crippen molar-refractivity contribution in [2.45, 2.75) is 31.8 Å². The Morgan fingerprint density at radius 2 is 2.11 bits per heavy atom. The molecule has 100 valence electrons. The molecule has 0 bridgehead atoms. The molecule has 3 rings (SSSR count). The van der Waals surface area contributed by atoms with Gasteiger partial charge in [0.25, 0.3) is 5.91 Å².